The largest absolute Gasteiger partial charge is 0.456 e. The van der Waals surface area contributed by atoms with Gasteiger partial charge in [0.25, 0.3) is 17.7 Å². The van der Waals surface area contributed by atoms with Gasteiger partial charge in [0.1, 0.15) is 11.3 Å². The summed E-state index contributed by atoms with van der Waals surface area (Å²) in [5, 5.41) is 5.79. The van der Waals surface area contributed by atoms with Crippen molar-refractivity contribution in [3.8, 4) is 22.5 Å². The topological polar surface area (TPSA) is 122 Å². The normalized spacial score (nSPS) is 13.6. The molecular formula is C37H42N4O6. The summed E-state index contributed by atoms with van der Waals surface area (Å²) in [5.41, 5.74) is 7.06. The maximum Gasteiger partial charge on any atom is 0.333 e. The van der Waals surface area contributed by atoms with Crippen molar-refractivity contribution in [1.29, 1.82) is 0 Å². The molecule has 2 aromatic rings. The fourth-order valence-electron chi connectivity index (χ4n) is 6.00. The molecule has 2 aliphatic heterocycles. The van der Waals surface area contributed by atoms with Crippen molar-refractivity contribution >= 4 is 40.3 Å². The van der Waals surface area contributed by atoms with Crippen molar-refractivity contribution in [3.05, 3.63) is 70.6 Å². The van der Waals surface area contributed by atoms with Crippen LogP contribution in [0.3, 0.4) is 0 Å². The third-order valence-electron chi connectivity index (χ3n) is 8.43. The smallest absolute Gasteiger partial charge is 0.333 e. The Morgan fingerprint density at radius 3 is 2.43 bits per heavy atom. The molecule has 1 aliphatic carbocycles. The molecule has 1 saturated heterocycles. The summed E-state index contributed by atoms with van der Waals surface area (Å²) in [6.07, 6.45) is 2.06. The van der Waals surface area contributed by atoms with Crippen molar-refractivity contribution in [2.24, 2.45) is 4.99 Å². The van der Waals surface area contributed by atoms with Crippen LogP contribution in [0.1, 0.15) is 73.9 Å². The van der Waals surface area contributed by atoms with Gasteiger partial charge in [0.05, 0.1) is 5.36 Å². The Balaban J connectivity index is 1.40. The van der Waals surface area contributed by atoms with Crippen LogP contribution in [0.5, 0.6) is 0 Å². The van der Waals surface area contributed by atoms with Crippen molar-refractivity contribution < 1.29 is 28.4 Å². The Kier molecular flexibility index (Phi) is 10.4. The second-order valence-corrected chi connectivity index (χ2v) is 11.9. The van der Waals surface area contributed by atoms with Crippen molar-refractivity contribution in [2.45, 2.75) is 66.2 Å². The Morgan fingerprint density at radius 1 is 0.957 bits per heavy atom. The number of nitrogens with zero attached hydrogens (tertiary/aromatic N) is 3. The van der Waals surface area contributed by atoms with Gasteiger partial charge in [-0.05, 0) is 75.4 Å². The minimum Gasteiger partial charge on any atom is -0.456 e. The molecule has 5 rings (SSSR count). The van der Waals surface area contributed by atoms with E-state index < -0.39 is 17.8 Å². The number of rotatable bonds is 12. The molecular weight excluding hydrogens is 596 g/mol. The fourth-order valence-corrected chi connectivity index (χ4v) is 6.00. The van der Waals surface area contributed by atoms with E-state index in [1.165, 1.54) is 0 Å². The lowest BCUT2D eigenvalue weighted by atomic mass is 9.89. The standard InChI is InChI=1S/C37H42N4O6/c1-6-38-29-21-31-27(19-23(29)3)36(28-20-24(4)30(39-7-2)22-32(28)46-31)25-13-10-11-14-26(25)37(45)40(5)18-12-8-9-15-35(44)47-41-33(42)16-17-34(41)43/h10-11,13-14,19-22,38H,6-9,12,15-18H2,1-5H3/b39-30+. The number of anilines is 1. The Labute approximate surface area is 274 Å². The van der Waals surface area contributed by atoms with Crippen LogP contribution in [0.15, 0.2) is 57.9 Å². The van der Waals surface area contributed by atoms with E-state index in [1.807, 2.05) is 50.2 Å². The highest BCUT2D eigenvalue weighted by atomic mass is 16.7. The van der Waals surface area contributed by atoms with Gasteiger partial charge in [-0.2, -0.15) is 0 Å². The van der Waals surface area contributed by atoms with E-state index in [4.69, 9.17) is 9.25 Å². The zero-order valence-corrected chi connectivity index (χ0v) is 27.8. The number of fused-ring (bicyclic) bond motifs is 2. The Bertz CT molecular complexity index is 1860. The number of hydrogen-bond donors (Lipinski definition) is 1. The SMILES string of the molecule is CC/N=c1\cc2oc3cc(NCC)c(C)cc3c(-c3ccccc3C(=O)N(C)CCCCCC(=O)ON3C(=O)CCC3=O)c-2cc1C. The molecule has 3 aliphatic rings. The molecule has 1 N–H and O–H groups in total. The molecule has 3 amide bonds. The average Bonchev–Trinajstić information content (AvgIpc) is 3.36. The van der Waals surface area contributed by atoms with Gasteiger partial charge in [0.15, 0.2) is 0 Å². The predicted molar refractivity (Wildman–Crippen MR) is 181 cm³/mol. The number of hydroxylamine groups is 2. The highest BCUT2D eigenvalue weighted by molar-refractivity contribution is 6.09. The number of imide groups is 1. The maximum atomic E-state index is 14.0. The van der Waals surface area contributed by atoms with Gasteiger partial charge in [0.2, 0.25) is 0 Å². The van der Waals surface area contributed by atoms with Crippen LogP contribution < -0.4 is 10.7 Å². The first-order valence-corrected chi connectivity index (χ1v) is 16.3. The second-order valence-electron chi connectivity index (χ2n) is 11.9. The van der Waals surface area contributed by atoms with Crippen molar-refractivity contribution in [2.75, 3.05) is 32.0 Å². The number of unbranched alkanes of at least 4 members (excludes halogenated alkanes) is 2. The molecule has 2 aromatic carbocycles. The van der Waals surface area contributed by atoms with Gasteiger partial charge in [-0.1, -0.05) is 24.6 Å². The van der Waals surface area contributed by atoms with E-state index in [-0.39, 0.29) is 25.2 Å². The summed E-state index contributed by atoms with van der Waals surface area (Å²) >= 11 is 0. The molecule has 246 valence electrons. The monoisotopic (exact) mass is 638 g/mol. The number of aryl methyl sites for hydroxylation is 2. The van der Waals surface area contributed by atoms with Crippen LogP contribution in [0.2, 0.25) is 0 Å². The third kappa shape index (κ3) is 7.21. The molecule has 10 nitrogen and oxygen atoms in total. The van der Waals surface area contributed by atoms with Crippen LogP contribution in [0.25, 0.3) is 33.4 Å². The summed E-state index contributed by atoms with van der Waals surface area (Å²) in [4.78, 5) is 60.8. The highest BCUT2D eigenvalue weighted by Gasteiger charge is 2.32. The number of benzene rings is 3. The summed E-state index contributed by atoms with van der Waals surface area (Å²) < 4.78 is 6.52. The van der Waals surface area contributed by atoms with Gasteiger partial charge in [-0.25, -0.2) is 4.79 Å². The third-order valence-corrected chi connectivity index (χ3v) is 8.43. The van der Waals surface area contributed by atoms with Crippen LogP contribution in [-0.4, -0.2) is 60.3 Å². The van der Waals surface area contributed by atoms with Crippen LogP contribution in [0, 0.1) is 13.8 Å². The van der Waals surface area contributed by atoms with Crippen LogP contribution in [0.4, 0.5) is 5.69 Å². The summed E-state index contributed by atoms with van der Waals surface area (Å²) in [6, 6.07) is 15.9. The zero-order valence-electron chi connectivity index (χ0n) is 27.8. The molecule has 1 fully saturated rings. The van der Waals surface area contributed by atoms with Crippen molar-refractivity contribution in [1.82, 2.24) is 9.96 Å². The number of hydrogen-bond acceptors (Lipinski definition) is 8. The fraction of sp³-hybridized carbons (Fsp3) is 0.378. The Morgan fingerprint density at radius 2 is 1.70 bits per heavy atom. The van der Waals surface area contributed by atoms with Crippen LogP contribution in [-0.2, 0) is 19.2 Å². The number of carbonyl (C=O) groups excluding carboxylic acids is 4. The maximum absolute atomic E-state index is 14.0. The van der Waals surface area contributed by atoms with E-state index in [2.05, 4.69) is 36.3 Å². The Hall–Kier alpha value is -4.99. The van der Waals surface area contributed by atoms with Gasteiger partial charge < -0.3 is 19.5 Å². The van der Waals surface area contributed by atoms with E-state index >= 15 is 0 Å². The van der Waals surface area contributed by atoms with Crippen molar-refractivity contribution in [3.63, 3.8) is 0 Å². The minimum atomic E-state index is -0.612. The van der Waals surface area contributed by atoms with Crippen LogP contribution >= 0.6 is 0 Å². The number of nitrogens with one attached hydrogen (secondary N) is 1. The quantitative estimate of drug-likeness (QED) is 0.108. The van der Waals surface area contributed by atoms with Gasteiger partial charge in [-0.3, -0.25) is 19.4 Å². The summed E-state index contributed by atoms with van der Waals surface area (Å²) in [6.45, 7) is 10.1. The van der Waals surface area contributed by atoms with E-state index in [0.29, 0.717) is 54.3 Å². The first kappa shape index (κ1) is 33.4. The van der Waals surface area contributed by atoms with Gasteiger partial charge in [0, 0.05) is 85.8 Å². The first-order valence-electron chi connectivity index (χ1n) is 16.3. The number of carbonyl (C=O) groups is 4. The van der Waals surface area contributed by atoms with E-state index in [9.17, 15) is 19.2 Å². The molecule has 0 aromatic heterocycles. The van der Waals surface area contributed by atoms with Gasteiger partial charge in [-0.15, -0.1) is 5.06 Å². The highest BCUT2D eigenvalue weighted by Crippen LogP contribution is 2.43. The molecule has 0 spiro atoms. The zero-order chi connectivity index (χ0) is 33.7. The average molecular weight is 639 g/mol. The minimum absolute atomic E-state index is 0.0639. The first-order chi connectivity index (χ1) is 22.6. The number of amides is 3. The molecule has 10 heteroatoms. The molecule has 0 unspecified atom stereocenters. The molecule has 2 heterocycles. The van der Waals surface area contributed by atoms with Gasteiger partial charge >= 0.3 is 5.97 Å². The summed E-state index contributed by atoms with van der Waals surface area (Å²) in [5.74, 6) is -1.00. The lowest BCUT2D eigenvalue weighted by Crippen LogP contribution is -2.32. The lowest BCUT2D eigenvalue weighted by Gasteiger charge is -2.22. The molecule has 0 bridgehead atoms. The molecule has 0 saturated carbocycles. The molecule has 0 atom stereocenters. The van der Waals surface area contributed by atoms with E-state index in [0.717, 1.165) is 50.8 Å². The molecule has 47 heavy (non-hydrogen) atoms. The summed E-state index contributed by atoms with van der Waals surface area (Å²) in [7, 11) is 1.78. The second kappa shape index (κ2) is 14.6. The molecule has 0 radical (unpaired) electrons. The predicted octanol–water partition coefficient (Wildman–Crippen LogP) is 6.41. The lowest BCUT2D eigenvalue weighted by molar-refractivity contribution is -0.197. The van der Waals surface area contributed by atoms with E-state index in [1.54, 1.807) is 11.9 Å².